The molecular weight excluding hydrogens is 268 g/mol. The second-order valence-corrected chi connectivity index (χ2v) is 4.37. The summed E-state index contributed by atoms with van der Waals surface area (Å²) in [7, 11) is 0. The lowest BCUT2D eigenvalue weighted by atomic mass is 9.97. The third kappa shape index (κ3) is 3.22. The molecule has 110 valence electrons. The largest absolute Gasteiger partial charge is 0.478 e. The van der Waals surface area contributed by atoms with Crippen LogP contribution in [0, 0.1) is 10.1 Å². The Morgan fingerprint density at radius 1 is 1.40 bits per heavy atom. The topological polar surface area (TPSA) is 133 Å². The molecule has 1 rings (SSSR count). The highest BCUT2D eigenvalue weighted by Gasteiger charge is 2.28. The SMILES string of the molecule is CCC(CO)(CO)Nc1cc([N+](=O)[O-])ccc1C(=O)O. The smallest absolute Gasteiger partial charge is 0.337 e. The van der Waals surface area contributed by atoms with Crippen molar-refractivity contribution >= 4 is 17.3 Å². The van der Waals surface area contributed by atoms with Crippen LogP contribution in [0.1, 0.15) is 23.7 Å². The first-order valence-corrected chi connectivity index (χ1v) is 5.90. The van der Waals surface area contributed by atoms with Crippen LogP contribution in [0.15, 0.2) is 18.2 Å². The number of aliphatic hydroxyl groups is 2. The first-order chi connectivity index (χ1) is 9.39. The number of non-ortho nitro benzene ring substituents is 1. The van der Waals surface area contributed by atoms with E-state index in [4.69, 9.17) is 5.11 Å². The fourth-order valence-electron chi connectivity index (χ4n) is 1.66. The van der Waals surface area contributed by atoms with Crippen LogP contribution < -0.4 is 5.32 Å². The Kier molecular flexibility index (Phi) is 5.00. The summed E-state index contributed by atoms with van der Waals surface area (Å²) >= 11 is 0. The second kappa shape index (κ2) is 6.31. The lowest BCUT2D eigenvalue weighted by molar-refractivity contribution is -0.384. The van der Waals surface area contributed by atoms with E-state index in [0.717, 1.165) is 18.2 Å². The molecule has 8 heteroatoms. The van der Waals surface area contributed by atoms with E-state index in [9.17, 15) is 25.1 Å². The predicted octanol–water partition coefficient (Wildman–Crippen LogP) is 0.838. The van der Waals surface area contributed by atoms with Crippen LogP contribution >= 0.6 is 0 Å². The average molecular weight is 284 g/mol. The highest BCUT2D eigenvalue weighted by Crippen LogP contribution is 2.26. The van der Waals surface area contributed by atoms with E-state index in [1.807, 2.05) is 0 Å². The van der Waals surface area contributed by atoms with Crippen LogP contribution in [0.5, 0.6) is 0 Å². The maximum atomic E-state index is 11.1. The molecule has 0 saturated heterocycles. The molecule has 4 N–H and O–H groups in total. The van der Waals surface area contributed by atoms with E-state index in [1.165, 1.54) is 0 Å². The van der Waals surface area contributed by atoms with Crippen molar-refractivity contribution in [3.63, 3.8) is 0 Å². The molecule has 0 aliphatic rings. The molecule has 0 radical (unpaired) electrons. The van der Waals surface area contributed by atoms with Gasteiger partial charge in [-0.3, -0.25) is 10.1 Å². The highest BCUT2D eigenvalue weighted by atomic mass is 16.6. The molecular formula is C12H16N2O6. The van der Waals surface area contributed by atoms with Gasteiger partial charge >= 0.3 is 5.97 Å². The third-order valence-corrected chi connectivity index (χ3v) is 3.13. The van der Waals surface area contributed by atoms with E-state index in [2.05, 4.69) is 5.32 Å². The number of rotatable bonds is 7. The van der Waals surface area contributed by atoms with Crippen molar-refractivity contribution in [2.24, 2.45) is 0 Å². The molecule has 0 atom stereocenters. The summed E-state index contributed by atoms with van der Waals surface area (Å²) in [5.41, 5.74) is -1.61. The van der Waals surface area contributed by atoms with E-state index < -0.39 is 29.6 Å². The minimum Gasteiger partial charge on any atom is -0.478 e. The van der Waals surface area contributed by atoms with Gasteiger partial charge in [-0.2, -0.15) is 0 Å². The Balaban J connectivity index is 3.29. The van der Waals surface area contributed by atoms with Gasteiger partial charge in [0.25, 0.3) is 5.69 Å². The van der Waals surface area contributed by atoms with Crippen LogP contribution in [0.25, 0.3) is 0 Å². The molecule has 0 fully saturated rings. The number of carboxylic acids is 1. The van der Waals surface area contributed by atoms with Crippen LogP contribution in [-0.4, -0.2) is 45.0 Å². The molecule has 0 aliphatic carbocycles. The number of nitrogens with zero attached hydrogens (tertiary/aromatic N) is 1. The number of nitro groups is 1. The van der Waals surface area contributed by atoms with Crippen molar-refractivity contribution in [3.8, 4) is 0 Å². The van der Waals surface area contributed by atoms with Gasteiger partial charge in [0, 0.05) is 12.1 Å². The third-order valence-electron chi connectivity index (χ3n) is 3.13. The van der Waals surface area contributed by atoms with Crippen molar-refractivity contribution in [1.82, 2.24) is 0 Å². The lowest BCUT2D eigenvalue weighted by Crippen LogP contribution is -2.45. The molecule has 1 aromatic rings. The van der Waals surface area contributed by atoms with E-state index >= 15 is 0 Å². The Labute approximate surface area is 114 Å². The Morgan fingerprint density at radius 2 is 2.00 bits per heavy atom. The lowest BCUT2D eigenvalue weighted by Gasteiger charge is -2.31. The first-order valence-electron chi connectivity index (χ1n) is 5.90. The fourth-order valence-corrected chi connectivity index (χ4v) is 1.66. The van der Waals surface area contributed by atoms with Crippen molar-refractivity contribution in [2.75, 3.05) is 18.5 Å². The molecule has 0 unspecified atom stereocenters. The van der Waals surface area contributed by atoms with Gasteiger partial charge in [0.2, 0.25) is 0 Å². The van der Waals surface area contributed by atoms with Gasteiger partial charge in [-0.05, 0) is 12.5 Å². The van der Waals surface area contributed by atoms with E-state index in [0.29, 0.717) is 6.42 Å². The molecule has 0 aromatic heterocycles. The zero-order valence-corrected chi connectivity index (χ0v) is 10.9. The fraction of sp³-hybridized carbons (Fsp3) is 0.417. The van der Waals surface area contributed by atoms with Gasteiger partial charge in [0.05, 0.1) is 34.9 Å². The van der Waals surface area contributed by atoms with Crippen molar-refractivity contribution in [1.29, 1.82) is 0 Å². The second-order valence-electron chi connectivity index (χ2n) is 4.37. The van der Waals surface area contributed by atoms with Crippen molar-refractivity contribution in [2.45, 2.75) is 18.9 Å². The molecule has 0 spiro atoms. The average Bonchev–Trinajstić information content (AvgIpc) is 2.44. The van der Waals surface area contributed by atoms with E-state index in [-0.39, 0.29) is 16.9 Å². The zero-order valence-electron chi connectivity index (χ0n) is 10.9. The van der Waals surface area contributed by atoms with Gasteiger partial charge in [-0.25, -0.2) is 4.79 Å². The summed E-state index contributed by atoms with van der Waals surface area (Å²) in [6.45, 7) is 0.806. The number of anilines is 1. The monoisotopic (exact) mass is 284 g/mol. The molecule has 0 aliphatic heterocycles. The molecule has 20 heavy (non-hydrogen) atoms. The summed E-state index contributed by atoms with van der Waals surface area (Å²) in [6.07, 6.45) is 0.307. The Morgan fingerprint density at radius 3 is 2.40 bits per heavy atom. The number of carbonyl (C=O) groups is 1. The molecule has 8 nitrogen and oxygen atoms in total. The number of aliphatic hydroxyl groups excluding tert-OH is 2. The Bertz CT molecular complexity index is 504. The minimum atomic E-state index is -1.26. The number of nitro benzene ring substituents is 1. The van der Waals surface area contributed by atoms with Crippen LogP contribution in [-0.2, 0) is 0 Å². The number of aromatic carboxylic acids is 1. The summed E-state index contributed by atoms with van der Waals surface area (Å²) < 4.78 is 0. The van der Waals surface area contributed by atoms with Gasteiger partial charge in [-0.1, -0.05) is 6.92 Å². The predicted molar refractivity (Wildman–Crippen MR) is 70.9 cm³/mol. The maximum Gasteiger partial charge on any atom is 0.337 e. The zero-order chi connectivity index (χ0) is 15.3. The summed E-state index contributed by atoms with van der Waals surface area (Å²) in [5.74, 6) is -1.26. The molecule has 1 aromatic carbocycles. The maximum absolute atomic E-state index is 11.1. The molecule has 0 heterocycles. The summed E-state index contributed by atoms with van der Waals surface area (Å²) in [5, 5.41) is 41.2. The first kappa shape index (κ1) is 15.9. The van der Waals surface area contributed by atoms with Gasteiger partial charge in [-0.15, -0.1) is 0 Å². The molecule has 0 saturated carbocycles. The minimum absolute atomic E-state index is 0.0170. The number of carboxylic acid groups (broad SMARTS) is 1. The molecule has 0 amide bonds. The summed E-state index contributed by atoms with van der Waals surface area (Å²) in [4.78, 5) is 21.2. The highest BCUT2D eigenvalue weighted by molar-refractivity contribution is 5.95. The van der Waals surface area contributed by atoms with Gasteiger partial charge in [0.15, 0.2) is 0 Å². The van der Waals surface area contributed by atoms with Crippen LogP contribution in [0.4, 0.5) is 11.4 Å². The number of hydrogen-bond donors (Lipinski definition) is 4. The number of benzene rings is 1. The van der Waals surface area contributed by atoms with Crippen LogP contribution in [0.2, 0.25) is 0 Å². The van der Waals surface area contributed by atoms with Gasteiger partial charge in [0.1, 0.15) is 0 Å². The van der Waals surface area contributed by atoms with E-state index in [1.54, 1.807) is 6.92 Å². The number of hydrogen-bond acceptors (Lipinski definition) is 6. The normalized spacial score (nSPS) is 11.2. The van der Waals surface area contributed by atoms with Crippen molar-refractivity contribution < 1.29 is 25.0 Å². The number of nitrogens with one attached hydrogen (secondary N) is 1. The molecule has 0 bridgehead atoms. The standard InChI is InChI=1S/C12H16N2O6/c1-2-12(6-15,7-16)13-10-5-8(14(19)20)3-4-9(10)11(17)18/h3-5,13,15-16H,2,6-7H2,1H3,(H,17,18). The van der Waals surface area contributed by atoms with Crippen molar-refractivity contribution in [3.05, 3.63) is 33.9 Å². The quantitative estimate of drug-likeness (QED) is 0.430. The Hall–Kier alpha value is -2.19. The van der Waals surface area contributed by atoms with Gasteiger partial charge < -0.3 is 20.6 Å². The summed E-state index contributed by atoms with van der Waals surface area (Å²) in [6, 6.07) is 3.26. The van der Waals surface area contributed by atoms with Crippen LogP contribution in [0.3, 0.4) is 0 Å².